The molecule has 0 aliphatic heterocycles. The molecule has 0 radical (unpaired) electrons. The van der Waals surface area contributed by atoms with Gasteiger partial charge in [-0.25, -0.2) is 4.79 Å². The zero-order valence-corrected chi connectivity index (χ0v) is 12.2. The van der Waals surface area contributed by atoms with Crippen molar-refractivity contribution in [3.63, 3.8) is 0 Å². The number of hydrogen-bond donors (Lipinski definition) is 1. The fourth-order valence-electron chi connectivity index (χ4n) is 1.37. The molecule has 18 heavy (non-hydrogen) atoms. The Balaban J connectivity index is 2.37. The maximum Gasteiger partial charge on any atom is 0.410 e. The maximum absolute atomic E-state index is 11.7. The van der Waals surface area contributed by atoms with Crippen molar-refractivity contribution in [3.8, 4) is 0 Å². The first kappa shape index (κ1) is 15.0. The highest BCUT2D eigenvalue weighted by Gasteiger charge is 2.20. The Hall–Kier alpha value is -1.07. The lowest BCUT2D eigenvalue weighted by atomic mass is 10.2. The zero-order valence-electron chi connectivity index (χ0n) is 11.3. The summed E-state index contributed by atoms with van der Waals surface area (Å²) in [6, 6.07) is 3.80. The van der Waals surface area contributed by atoms with Crippen LogP contribution in [0, 0.1) is 0 Å². The minimum Gasteiger partial charge on any atom is -0.444 e. The van der Waals surface area contributed by atoms with Crippen LogP contribution in [0.3, 0.4) is 0 Å². The smallest absolute Gasteiger partial charge is 0.410 e. The number of aliphatic hydroxyl groups is 1. The summed E-state index contributed by atoms with van der Waals surface area (Å²) in [6.45, 7) is 5.96. The number of rotatable bonds is 4. The van der Waals surface area contributed by atoms with Crippen LogP contribution < -0.4 is 0 Å². The monoisotopic (exact) mass is 271 g/mol. The Morgan fingerprint density at radius 1 is 1.56 bits per heavy atom. The number of ether oxygens (including phenoxy) is 1. The van der Waals surface area contributed by atoms with Crippen LogP contribution >= 0.6 is 11.3 Å². The van der Waals surface area contributed by atoms with Crippen LogP contribution in [0.1, 0.15) is 38.2 Å². The molecular weight excluding hydrogens is 250 g/mol. The predicted molar refractivity (Wildman–Crippen MR) is 72.8 cm³/mol. The van der Waals surface area contributed by atoms with Crippen molar-refractivity contribution in [2.45, 2.75) is 38.9 Å². The van der Waals surface area contributed by atoms with E-state index in [2.05, 4.69) is 0 Å². The second kappa shape index (κ2) is 6.20. The van der Waals surface area contributed by atoms with Gasteiger partial charge in [0.1, 0.15) is 5.60 Å². The van der Waals surface area contributed by atoms with Gasteiger partial charge in [-0.05, 0) is 38.6 Å². The minimum atomic E-state index is -0.519. The Labute approximate surface area is 112 Å². The number of nitrogens with zero attached hydrogens (tertiary/aromatic N) is 1. The molecular formula is C13H21NO3S. The highest BCUT2D eigenvalue weighted by Crippen LogP contribution is 2.21. The SMILES string of the molecule is CN(CCC(O)c1cccs1)C(=O)OC(C)(C)C. The van der Waals surface area contributed by atoms with Gasteiger partial charge >= 0.3 is 6.09 Å². The number of hydrogen-bond acceptors (Lipinski definition) is 4. The first-order valence-electron chi connectivity index (χ1n) is 5.95. The molecule has 1 heterocycles. The van der Waals surface area contributed by atoms with Gasteiger partial charge in [0.15, 0.2) is 0 Å². The standard InChI is InChI=1S/C13H21NO3S/c1-13(2,3)17-12(16)14(4)8-7-10(15)11-6-5-9-18-11/h5-6,9-10,15H,7-8H2,1-4H3. The van der Waals surface area contributed by atoms with E-state index in [-0.39, 0.29) is 6.09 Å². The number of amides is 1. The van der Waals surface area contributed by atoms with E-state index in [1.165, 1.54) is 16.2 Å². The van der Waals surface area contributed by atoms with Crippen molar-refractivity contribution in [2.75, 3.05) is 13.6 Å². The molecule has 0 saturated carbocycles. The molecule has 1 rings (SSSR count). The van der Waals surface area contributed by atoms with E-state index in [0.29, 0.717) is 13.0 Å². The van der Waals surface area contributed by atoms with Crippen LogP contribution in [0.15, 0.2) is 17.5 Å². The van der Waals surface area contributed by atoms with Crippen molar-refractivity contribution >= 4 is 17.4 Å². The fraction of sp³-hybridized carbons (Fsp3) is 0.615. The second-order valence-corrected chi connectivity index (χ2v) is 6.20. The van der Waals surface area contributed by atoms with Crippen molar-refractivity contribution in [2.24, 2.45) is 0 Å². The third kappa shape index (κ3) is 5.06. The van der Waals surface area contributed by atoms with Crippen LogP contribution in [0.5, 0.6) is 0 Å². The van der Waals surface area contributed by atoms with Gasteiger partial charge in [-0.15, -0.1) is 11.3 Å². The number of aliphatic hydroxyl groups excluding tert-OH is 1. The van der Waals surface area contributed by atoms with Gasteiger partial charge in [0.05, 0.1) is 6.10 Å². The highest BCUT2D eigenvalue weighted by atomic mass is 32.1. The van der Waals surface area contributed by atoms with Crippen molar-refractivity contribution in [1.29, 1.82) is 0 Å². The summed E-state index contributed by atoms with van der Waals surface area (Å²) in [5.41, 5.74) is -0.488. The third-order valence-electron chi connectivity index (χ3n) is 2.31. The zero-order chi connectivity index (χ0) is 13.8. The van der Waals surface area contributed by atoms with E-state index in [9.17, 15) is 9.90 Å². The molecule has 1 atom stereocenters. The molecule has 1 amide bonds. The first-order valence-corrected chi connectivity index (χ1v) is 6.83. The Kier molecular flexibility index (Phi) is 5.16. The van der Waals surface area contributed by atoms with E-state index in [1.54, 1.807) is 7.05 Å². The predicted octanol–water partition coefficient (Wildman–Crippen LogP) is 3.04. The summed E-state index contributed by atoms with van der Waals surface area (Å²) in [5, 5.41) is 11.8. The highest BCUT2D eigenvalue weighted by molar-refractivity contribution is 7.10. The van der Waals surface area contributed by atoms with Crippen molar-refractivity contribution < 1.29 is 14.6 Å². The van der Waals surface area contributed by atoms with E-state index in [0.717, 1.165) is 4.88 Å². The number of thiophene rings is 1. The van der Waals surface area contributed by atoms with Crippen molar-refractivity contribution in [1.82, 2.24) is 4.90 Å². The molecule has 102 valence electrons. The largest absolute Gasteiger partial charge is 0.444 e. The molecule has 0 saturated heterocycles. The van der Waals surface area contributed by atoms with Crippen LogP contribution in [-0.2, 0) is 4.74 Å². The molecule has 1 aromatic rings. The van der Waals surface area contributed by atoms with Gasteiger partial charge in [0.25, 0.3) is 0 Å². The normalized spacial score (nSPS) is 13.2. The summed E-state index contributed by atoms with van der Waals surface area (Å²) >= 11 is 1.52. The number of carbonyl (C=O) groups excluding carboxylic acids is 1. The molecule has 0 aromatic carbocycles. The average molecular weight is 271 g/mol. The maximum atomic E-state index is 11.7. The van der Waals surface area contributed by atoms with Crippen LogP contribution in [-0.4, -0.2) is 35.3 Å². The lowest BCUT2D eigenvalue weighted by molar-refractivity contribution is 0.0274. The molecule has 5 heteroatoms. The second-order valence-electron chi connectivity index (χ2n) is 5.22. The molecule has 0 spiro atoms. The summed E-state index contributed by atoms with van der Waals surface area (Å²) in [6.07, 6.45) is -0.369. The Morgan fingerprint density at radius 2 is 2.22 bits per heavy atom. The molecule has 0 bridgehead atoms. The van der Waals surface area contributed by atoms with Crippen LogP contribution in [0.4, 0.5) is 4.79 Å². The summed E-state index contributed by atoms with van der Waals surface area (Å²) < 4.78 is 5.23. The van der Waals surface area contributed by atoms with Gasteiger partial charge in [0, 0.05) is 18.5 Å². The topological polar surface area (TPSA) is 49.8 Å². The fourth-order valence-corrected chi connectivity index (χ4v) is 2.12. The summed E-state index contributed by atoms with van der Waals surface area (Å²) in [5.74, 6) is 0. The van der Waals surface area contributed by atoms with Gasteiger partial charge in [-0.1, -0.05) is 6.07 Å². The van der Waals surface area contributed by atoms with Crippen LogP contribution in [0.25, 0.3) is 0 Å². The van der Waals surface area contributed by atoms with Crippen LogP contribution in [0.2, 0.25) is 0 Å². The molecule has 1 aromatic heterocycles. The van der Waals surface area contributed by atoms with E-state index >= 15 is 0 Å². The van der Waals surface area contributed by atoms with Gasteiger partial charge in [0.2, 0.25) is 0 Å². The van der Waals surface area contributed by atoms with Crippen molar-refractivity contribution in [3.05, 3.63) is 22.4 Å². The minimum absolute atomic E-state index is 0.360. The lowest BCUT2D eigenvalue weighted by Crippen LogP contribution is -2.35. The van der Waals surface area contributed by atoms with Gasteiger partial charge in [-0.2, -0.15) is 0 Å². The van der Waals surface area contributed by atoms with E-state index in [4.69, 9.17) is 4.74 Å². The number of carbonyl (C=O) groups is 1. The molecule has 1 N–H and O–H groups in total. The van der Waals surface area contributed by atoms with E-state index < -0.39 is 11.7 Å². The Bertz CT molecular complexity index is 370. The molecule has 0 aliphatic carbocycles. The molecule has 0 fully saturated rings. The third-order valence-corrected chi connectivity index (χ3v) is 3.29. The van der Waals surface area contributed by atoms with E-state index in [1.807, 2.05) is 38.3 Å². The van der Waals surface area contributed by atoms with Gasteiger partial charge in [-0.3, -0.25) is 0 Å². The first-order chi connectivity index (χ1) is 8.29. The molecule has 1 unspecified atom stereocenters. The van der Waals surface area contributed by atoms with Gasteiger partial charge < -0.3 is 14.7 Å². The molecule has 4 nitrogen and oxygen atoms in total. The average Bonchev–Trinajstić information content (AvgIpc) is 2.76. The summed E-state index contributed by atoms with van der Waals surface area (Å²) in [4.78, 5) is 14.1. The molecule has 0 aliphatic rings. The summed E-state index contributed by atoms with van der Waals surface area (Å²) in [7, 11) is 1.68. The Morgan fingerprint density at radius 3 is 2.72 bits per heavy atom. The quantitative estimate of drug-likeness (QED) is 0.915. The lowest BCUT2D eigenvalue weighted by Gasteiger charge is -2.25.